The number of hydrogen-bond donors (Lipinski definition) is 1. The molecule has 0 aromatic heterocycles. The van der Waals surface area contributed by atoms with Crippen LogP contribution in [0.3, 0.4) is 0 Å². The van der Waals surface area contributed by atoms with E-state index < -0.39 is 12.0 Å². The standard InChI is InChI=1S/C10H20N2O3/c1-7(2)6-11(4)10(15)12(5)8(3)9(13)14/h7-8H,6H2,1-5H3,(H,13,14). The lowest BCUT2D eigenvalue weighted by Gasteiger charge is -2.28. The van der Waals surface area contributed by atoms with Crippen LogP contribution >= 0.6 is 0 Å². The predicted molar refractivity (Wildman–Crippen MR) is 57.7 cm³/mol. The van der Waals surface area contributed by atoms with Gasteiger partial charge in [0.1, 0.15) is 6.04 Å². The summed E-state index contributed by atoms with van der Waals surface area (Å²) in [7, 11) is 3.17. The Hall–Kier alpha value is -1.26. The lowest BCUT2D eigenvalue weighted by Crippen LogP contribution is -2.47. The highest BCUT2D eigenvalue weighted by Crippen LogP contribution is 2.03. The van der Waals surface area contributed by atoms with E-state index in [2.05, 4.69) is 0 Å². The van der Waals surface area contributed by atoms with E-state index in [0.29, 0.717) is 12.5 Å². The van der Waals surface area contributed by atoms with Crippen molar-refractivity contribution in [1.82, 2.24) is 9.80 Å². The monoisotopic (exact) mass is 216 g/mol. The first-order valence-electron chi connectivity index (χ1n) is 4.98. The normalized spacial score (nSPS) is 12.4. The summed E-state index contributed by atoms with van der Waals surface area (Å²) >= 11 is 0. The number of urea groups is 1. The summed E-state index contributed by atoms with van der Waals surface area (Å²) in [5, 5.41) is 8.75. The molecule has 0 rings (SSSR count). The molecule has 1 atom stereocenters. The zero-order valence-corrected chi connectivity index (χ0v) is 10.0. The highest BCUT2D eigenvalue weighted by atomic mass is 16.4. The van der Waals surface area contributed by atoms with Crippen molar-refractivity contribution in [3.05, 3.63) is 0 Å². The second kappa shape index (κ2) is 5.58. The molecule has 0 spiro atoms. The minimum absolute atomic E-state index is 0.265. The van der Waals surface area contributed by atoms with E-state index in [0.717, 1.165) is 0 Å². The first kappa shape index (κ1) is 13.7. The number of likely N-dealkylation sites (N-methyl/N-ethyl adjacent to an activating group) is 1. The van der Waals surface area contributed by atoms with Crippen LogP contribution in [-0.4, -0.2) is 53.6 Å². The average molecular weight is 216 g/mol. The minimum Gasteiger partial charge on any atom is -0.480 e. The van der Waals surface area contributed by atoms with E-state index in [9.17, 15) is 9.59 Å². The Morgan fingerprint density at radius 3 is 2.00 bits per heavy atom. The number of nitrogens with zero attached hydrogens (tertiary/aromatic N) is 2. The first-order valence-corrected chi connectivity index (χ1v) is 4.98. The SMILES string of the molecule is CC(C)CN(C)C(=O)N(C)C(C)C(=O)O. The molecule has 0 aromatic rings. The third-order valence-electron chi connectivity index (χ3n) is 2.21. The average Bonchev–Trinajstić information content (AvgIpc) is 2.13. The molecule has 0 aliphatic carbocycles. The predicted octanol–water partition coefficient (Wildman–Crippen LogP) is 1.10. The van der Waals surface area contributed by atoms with Crippen molar-refractivity contribution >= 4 is 12.0 Å². The fourth-order valence-electron chi connectivity index (χ4n) is 1.23. The number of carboxylic acids is 1. The molecule has 0 radical (unpaired) electrons. The van der Waals surface area contributed by atoms with Gasteiger partial charge in [-0.1, -0.05) is 13.8 Å². The number of carbonyl (C=O) groups excluding carboxylic acids is 1. The summed E-state index contributed by atoms with van der Waals surface area (Å²) < 4.78 is 0. The van der Waals surface area contributed by atoms with Crippen molar-refractivity contribution in [3.8, 4) is 0 Å². The molecule has 0 fully saturated rings. The van der Waals surface area contributed by atoms with Crippen LogP contribution in [0.4, 0.5) is 4.79 Å². The molecule has 0 aliphatic heterocycles. The molecule has 5 heteroatoms. The summed E-state index contributed by atoms with van der Waals surface area (Å²) in [5.74, 6) is -0.628. The maximum absolute atomic E-state index is 11.7. The summed E-state index contributed by atoms with van der Waals surface area (Å²) in [4.78, 5) is 25.1. The van der Waals surface area contributed by atoms with E-state index >= 15 is 0 Å². The second-order valence-corrected chi connectivity index (χ2v) is 4.18. The van der Waals surface area contributed by atoms with E-state index in [4.69, 9.17) is 5.11 Å². The highest BCUT2D eigenvalue weighted by Gasteiger charge is 2.24. The van der Waals surface area contributed by atoms with Crippen molar-refractivity contribution in [2.24, 2.45) is 5.92 Å². The Morgan fingerprint density at radius 2 is 1.67 bits per heavy atom. The van der Waals surface area contributed by atoms with Gasteiger partial charge in [-0.05, 0) is 12.8 Å². The molecule has 0 bridgehead atoms. The third-order valence-corrected chi connectivity index (χ3v) is 2.21. The zero-order chi connectivity index (χ0) is 12.2. The van der Waals surface area contributed by atoms with Gasteiger partial charge in [0.05, 0.1) is 0 Å². The van der Waals surface area contributed by atoms with E-state index in [-0.39, 0.29) is 6.03 Å². The topological polar surface area (TPSA) is 60.9 Å². The molecule has 0 heterocycles. The van der Waals surface area contributed by atoms with Crippen molar-refractivity contribution in [2.75, 3.05) is 20.6 Å². The highest BCUT2D eigenvalue weighted by molar-refractivity contribution is 5.82. The van der Waals surface area contributed by atoms with Gasteiger partial charge in [-0.25, -0.2) is 9.59 Å². The Morgan fingerprint density at radius 1 is 1.20 bits per heavy atom. The van der Waals surface area contributed by atoms with Gasteiger partial charge in [0.15, 0.2) is 0 Å². The third kappa shape index (κ3) is 4.18. The Kier molecular flexibility index (Phi) is 5.11. The number of aliphatic carboxylic acids is 1. The van der Waals surface area contributed by atoms with Gasteiger partial charge in [-0.15, -0.1) is 0 Å². The van der Waals surface area contributed by atoms with Crippen LogP contribution in [0.1, 0.15) is 20.8 Å². The summed E-state index contributed by atoms with van der Waals surface area (Å²) in [6.45, 7) is 6.12. The fraction of sp³-hybridized carbons (Fsp3) is 0.800. The van der Waals surface area contributed by atoms with Crippen LogP contribution in [0.15, 0.2) is 0 Å². The smallest absolute Gasteiger partial charge is 0.326 e. The van der Waals surface area contributed by atoms with Crippen molar-refractivity contribution in [1.29, 1.82) is 0 Å². The molecule has 1 unspecified atom stereocenters. The molecule has 88 valence electrons. The van der Waals surface area contributed by atoms with Gasteiger partial charge in [-0.2, -0.15) is 0 Å². The van der Waals surface area contributed by atoms with Gasteiger partial charge in [0.25, 0.3) is 0 Å². The molecule has 1 N–H and O–H groups in total. The fourth-order valence-corrected chi connectivity index (χ4v) is 1.23. The van der Waals surface area contributed by atoms with Gasteiger partial charge >= 0.3 is 12.0 Å². The summed E-state index contributed by atoms with van der Waals surface area (Å²) in [5.41, 5.74) is 0. The molecule has 2 amide bonds. The minimum atomic E-state index is -0.996. The zero-order valence-electron chi connectivity index (χ0n) is 10.0. The van der Waals surface area contributed by atoms with E-state index in [1.54, 1.807) is 7.05 Å². The number of carbonyl (C=O) groups is 2. The largest absolute Gasteiger partial charge is 0.480 e. The van der Waals surface area contributed by atoms with Gasteiger partial charge in [0, 0.05) is 20.6 Å². The lowest BCUT2D eigenvalue weighted by molar-refractivity contribution is -0.141. The molecule has 0 aromatic carbocycles. The summed E-state index contributed by atoms with van der Waals surface area (Å²) in [6, 6.07) is -1.06. The van der Waals surface area contributed by atoms with Crippen LogP contribution in [-0.2, 0) is 4.79 Å². The molecule has 0 aliphatic rings. The van der Waals surface area contributed by atoms with Crippen LogP contribution < -0.4 is 0 Å². The Labute approximate surface area is 90.7 Å². The van der Waals surface area contributed by atoms with E-state index in [1.165, 1.54) is 23.8 Å². The molecular weight excluding hydrogens is 196 g/mol. The Bertz CT molecular complexity index is 241. The molecule has 5 nitrogen and oxygen atoms in total. The molecule has 15 heavy (non-hydrogen) atoms. The molecular formula is C10H20N2O3. The van der Waals surface area contributed by atoms with Crippen LogP contribution in [0.5, 0.6) is 0 Å². The molecule has 0 saturated carbocycles. The summed E-state index contributed by atoms with van der Waals surface area (Å²) in [6.07, 6.45) is 0. The van der Waals surface area contributed by atoms with Gasteiger partial charge in [-0.3, -0.25) is 0 Å². The van der Waals surface area contributed by atoms with Crippen molar-refractivity contribution < 1.29 is 14.7 Å². The maximum atomic E-state index is 11.7. The maximum Gasteiger partial charge on any atom is 0.326 e. The number of amides is 2. The van der Waals surface area contributed by atoms with E-state index in [1.807, 2.05) is 13.8 Å². The Balaban J connectivity index is 4.37. The lowest BCUT2D eigenvalue weighted by atomic mass is 10.2. The van der Waals surface area contributed by atoms with Crippen molar-refractivity contribution in [2.45, 2.75) is 26.8 Å². The van der Waals surface area contributed by atoms with Crippen LogP contribution in [0.2, 0.25) is 0 Å². The molecule has 0 saturated heterocycles. The number of rotatable bonds is 4. The number of carboxylic acid groups (broad SMARTS) is 1. The van der Waals surface area contributed by atoms with Gasteiger partial charge < -0.3 is 14.9 Å². The van der Waals surface area contributed by atoms with Gasteiger partial charge in [0.2, 0.25) is 0 Å². The van der Waals surface area contributed by atoms with Crippen molar-refractivity contribution in [3.63, 3.8) is 0 Å². The number of hydrogen-bond acceptors (Lipinski definition) is 2. The van der Waals surface area contributed by atoms with Crippen LogP contribution in [0.25, 0.3) is 0 Å². The van der Waals surface area contributed by atoms with Crippen LogP contribution in [0, 0.1) is 5.92 Å². The second-order valence-electron chi connectivity index (χ2n) is 4.18. The quantitative estimate of drug-likeness (QED) is 0.765. The first-order chi connectivity index (χ1) is 6.77.